The Morgan fingerprint density at radius 1 is 1.41 bits per heavy atom. The van der Waals surface area contributed by atoms with Crippen LogP contribution in [-0.4, -0.2) is 39.2 Å². The van der Waals surface area contributed by atoms with E-state index in [2.05, 4.69) is 10.2 Å². The Morgan fingerprint density at radius 3 is 2.95 bits per heavy atom. The lowest BCUT2D eigenvalue weighted by Gasteiger charge is -2.33. The Bertz CT molecular complexity index is 598. The Balaban J connectivity index is 1.60. The second-order valence-corrected chi connectivity index (χ2v) is 5.84. The lowest BCUT2D eigenvalue weighted by atomic mass is 9.92. The summed E-state index contributed by atoms with van der Waals surface area (Å²) in [7, 11) is 0. The number of aliphatic hydroxyl groups excluding tert-OH is 1. The normalized spacial score (nSPS) is 19.9. The predicted octanol–water partition coefficient (Wildman–Crippen LogP) is 2.24. The van der Waals surface area contributed by atoms with Crippen LogP contribution in [0.5, 0.6) is 0 Å². The van der Waals surface area contributed by atoms with E-state index in [0.717, 1.165) is 30.5 Å². The summed E-state index contributed by atoms with van der Waals surface area (Å²) in [6.07, 6.45) is 5.20. The first-order chi connectivity index (χ1) is 10.7. The number of aromatic amines is 1. The third-order valence-electron chi connectivity index (χ3n) is 4.32. The number of carbonyl (C=O) groups is 1. The minimum absolute atomic E-state index is 0.0181. The number of piperidine rings is 1. The third kappa shape index (κ3) is 3.36. The van der Waals surface area contributed by atoms with E-state index in [1.165, 1.54) is 0 Å². The molecule has 1 saturated heterocycles. The predicted molar refractivity (Wildman–Crippen MR) is 83.2 cm³/mol. The molecule has 1 amide bonds. The van der Waals surface area contributed by atoms with E-state index in [1.807, 2.05) is 47.6 Å². The molecule has 1 fully saturated rings. The number of nitrogens with one attached hydrogen (secondary N) is 1. The molecule has 2 atom stereocenters. The van der Waals surface area contributed by atoms with Gasteiger partial charge in [0.15, 0.2) is 0 Å². The number of hydrogen-bond donors (Lipinski definition) is 2. The second-order valence-electron chi connectivity index (χ2n) is 5.84. The first-order valence-corrected chi connectivity index (χ1v) is 7.73. The summed E-state index contributed by atoms with van der Waals surface area (Å²) >= 11 is 0. The SMILES string of the molecule is O=C(CC(O)c1ccccc1)N1CCCC(c2cn[nH]c2)C1. The zero-order valence-electron chi connectivity index (χ0n) is 12.5. The summed E-state index contributed by atoms with van der Waals surface area (Å²) < 4.78 is 0. The average molecular weight is 299 g/mol. The molecular weight excluding hydrogens is 278 g/mol. The van der Waals surface area contributed by atoms with E-state index >= 15 is 0 Å². The van der Waals surface area contributed by atoms with Gasteiger partial charge in [0.05, 0.1) is 18.7 Å². The van der Waals surface area contributed by atoms with Crippen molar-refractivity contribution < 1.29 is 9.90 Å². The molecule has 5 nitrogen and oxygen atoms in total. The van der Waals surface area contributed by atoms with Gasteiger partial charge in [-0.3, -0.25) is 9.89 Å². The molecule has 0 bridgehead atoms. The molecule has 2 N–H and O–H groups in total. The molecule has 1 aromatic heterocycles. The summed E-state index contributed by atoms with van der Waals surface area (Å²) in [6.45, 7) is 1.48. The molecule has 116 valence electrons. The Morgan fingerprint density at radius 2 is 2.23 bits per heavy atom. The fraction of sp³-hybridized carbons (Fsp3) is 0.412. The van der Waals surface area contributed by atoms with Crippen LogP contribution in [0.2, 0.25) is 0 Å². The van der Waals surface area contributed by atoms with E-state index in [0.29, 0.717) is 12.5 Å². The second kappa shape index (κ2) is 6.75. The van der Waals surface area contributed by atoms with Crippen molar-refractivity contribution in [3.8, 4) is 0 Å². The Labute approximate surface area is 130 Å². The molecular formula is C17H21N3O2. The summed E-state index contributed by atoms with van der Waals surface area (Å²) in [4.78, 5) is 14.3. The topological polar surface area (TPSA) is 69.2 Å². The quantitative estimate of drug-likeness (QED) is 0.909. The van der Waals surface area contributed by atoms with E-state index in [4.69, 9.17) is 0 Å². The number of H-pyrrole nitrogens is 1. The van der Waals surface area contributed by atoms with E-state index in [1.54, 1.807) is 0 Å². The zero-order valence-corrected chi connectivity index (χ0v) is 12.5. The average Bonchev–Trinajstić information content (AvgIpc) is 3.10. The number of carbonyl (C=O) groups excluding carboxylic acids is 1. The largest absolute Gasteiger partial charge is 0.388 e. The highest BCUT2D eigenvalue weighted by atomic mass is 16.3. The van der Waals surface area contributed by atoms with Gasteiger partial charge in [0, 0.05) is 25.2 Å². The molecule has 3 rings (SSSR count). The van der Waals surface area contributed by atoms with Crippen molar-refractivity contribution in [3.63, 3.8) is 0 Å². The van der Waals surface area contributed by atoms with Crippen LogP contribution in [0.4, 0.5) is 0 Å². The number of nitrogens with zero attached hydrogens (tertiary/aromatic N) is 2. The van der Waals surface area contributed by atoms with Gasteiger partial charge >= 0.3 is 0 Å². The van der Waals surface area contributed by atoms with Crippen molar-refractivity contribution >= 4 is 5.91 Å². The van der Waals surface area contributed by atoms with Gasteiger partial charge in [-0.25, -0.2) is 0 Å². The number of hydrogen-bond acceptors (Lipinski definition) is 3. The lowest BCUT2D eigenvalue weighted by molar-refractivity contribution is -0.134. The van der Waals surface area contributed by atoms with Crippen molar-refractivity contribution in [1.29, 1.82) is 0 Å². The number of aromatic nitrogens is 2. The van der Waals surface area contributed by atoms with Crippen molar-refractivity contribution in [2.24, 2.45) is 0 Å². The highest BCUT2D eigenvalue weighted by Gasteiger charge is 2.26. The molecule has 2 heterocycles. The summed E-state index contributed by atoms with van der Waals surface area (Å²) in [5.41, 5.74) is 1.94. The van der Waals surface area contributed by atoms with Gasteiger partial charge in [0.1, 0.15) is 0 Å². The van der Waals surface area contributed by atoms with Gasteiger partial charge in [-0.2, -0.15) is 5.10 Å². The summed E-state index contributed by atoms with van der Waals surface area (Å²) in [5, 5.41) is 17.0. The van der Waals surface area contributed by atoms with Gasteiger partial charge in [-0.15, -0.1) is 0 Å². The Hall–Kier alpha value is -2.14. The molecule has 2 unspecified atom stereocenters. The van der Waals surface area contributed by atoms with Crippen LogP contribution in [0, 0.1) is 0 Å². The molecule has 5 heteroatoms. The van der Waals surface area contributed by atoms with Gasteiger partial charge in [0.25, 0.3) is 0 Å². The van der Waals surface area contributed by atoms with Crippen molar-refractivity contribution in [2.75, 3.05) is 13.1 Å². The van der Waals surface area contributed by atoms with Gasteiger partial charge < -0.3 is 10.0 Å². The Kier molecular flexibility index (Phi) is 4.53. The van der Waals surface area contributed by atoms with Crippen molar-refractivity contribution in [3.05, 3.63) is 53.9 Å². The number of amides is 1. The highest BCUT2D eigenvalue weighted by molar-refractivity contribution is 5.77. The molecule has 0 spiro atoms. The van der Waals surface area contributed by atoms with Crippen LogP contribution in [0.15, 0.2) is 42.7 Å². The fourth-order valence-corrected chi connectivity index (χ4v) is 3.05. The maximum atomic E-state index is 12.4. The van der Waals surface area contributed by atoms with Crippen LogP contribution in [0.3, 0.4) is 0 Å². The lowest BCUT2D eigenvalue weighted by Crippen LogP contribution is -2.39. The van der Waals surface area contributed by atoms with Crippen LogP contribution in [-0.2, 0) is 4.79 Å². The molecule has 22 heavy (non-hydrogen) atoms. The maximum absolute atomic E-state index is 12.4. The zero-order chi connectivity index (χ0) is 15.4. The summed E-state index contributed by atoms with van der Waals surface area (Å²) in [6, 6.07) is 9.35. The third-order valence-corrected chi connectivity index (χ3v) is 4.32. The van der Waals surface area contributed by atoms with Gasteiger partial charge in [-0.05, 0) is 24.0 Å². The first-order valence-electron chi connectivity index (χ1n) is 7.73. The molecule has 1 aliphatic rings. The standard InChI is InChI=1S/C17H21N3O2/c21-16(13-5-2-1-3-6-13)9-17(22)20-8-4-7-14(12-20)15-10-18-19-11-15/h1-3,5-6,10-11,14,16,21H,4,7-9,12H2,(H,18,19). The maximum Gasteiger partial charge on any atom is 0.225 e. The smallest absolute Gasteiger partial charge is 0.225 e. The molecule has 1 aromatic carbocycles. The molecule has 0 saturated carbocycles. The monoisotopic (exact) mass is 299 g/mol. The van der Waals surface area contributed by atoms with Crippen LogP contribution in [0.1, 0.15) is 42.4 Å². The summed E-state index contributed by atoms with van der Waals surface area (Å²) in [5.74, 6) is 0.356. The van der Waals surface area contributed by atoms with Crippen LogP contribution >= 0.6 is 0 Å². The van der Waals surface area contributed by atoms with Gasteiger partial charge in [-0.1, -0.05) is 30.3 Å². The highest BCUT2D eigenvalue weighted by Crippen LogP contribution is 2.27. The van der Waals surface area contributed by atoms with Crippen LogP contribution < -0.4 is 0 Å². The van der Waals surface area contributed by atoms with E-state index in [9.17, 15) is 9.90 Å². The molecule has 0 aliphatic carbocycles. The number of benzene rings is 1. The first kappa shape index (κ1) is 14.8. The molecule has 1 aliphatic heterocycles. The van der Waals surface area contributed by atoms with Crippen molar-refractivity contribution in [2.45, 2.75) is 31.3 Å². The number of rotatable bonds is 4. The van der Waals surface area contributed by atoms with Crippen LogP contribution in [0.25, 0.3) is 0 Å². The van der Waals surface area contributed by atoms with Gasteiger partial charge in [0.2, 0.25) is 5.91 Å². The van der Waals surface area contributed by atoms with E-state index in [-0.39, 0.29) is 12.3 Å². The number of aliphatic hydroxyl groups is 1. The molecule has 0 radical (unpaired) electrons. The minimum atomic E-state index is -0.733. The molecule has 2 aromatic rings. The van der Waals surface area contributed by atoms with Crippen molar-refractivity contribution in [1.82, 2.24) is 15.1 Å². The van der Waals surface area contributed by atoms with E-state index < -0.39 is 6.10 Å². The minimum Gasteiger partial charge on any atom is -0.388 e. The number of likely N-dealkylation sites (tertiary alicyclic amines) is 1. The fourth-order valence-electron chi connectivity index (χ4n) is 3.05.